The van der Waals surface area contributed by atoms with Gasteiger partial charge in [-0.05, 0) is 133 Å². The Hall–Kier alpha value is -5.05. The highest BCUT2D eigenvalue weighted by Gasteiger charge is 2.29. The number of halogens is 1. The van der Waals surface area contributed by atoms with Crippen LogP contribution in [0.3, 0.4) is 0 Å². The number of esters is 1. The monoisotopic (exact) mass is 861 g/mol. The first kappa shape index (κ1) is 51.1. The van der Waals surface area contributed by atoms with Gasteiger partial charge in [0.2, 0.25) is 6.79 Å². The van der Waals surface area contributed by atoms with Gasteiger partial charge in [-0.15, -0.1) is 0 Å². The van der Waals surface area contributed by atoms with E-state index in [2.05, 4.69) is 5.32 Å². The Labute approximate surface area is 359 Å². The van der Waals surface area contributed by atoms with E-state index < -0.39 is 43.2 Å². The van der Waals surface area contributed by atoms with Gasteiger partial charge < -0.3 is 43.5 Å². The van der Waals surface area contributed by atoms with Crippen LogP contribution in [0, 0.1) is 39.5 Å². The van der Waals surface area contributed by atoms with Crippen LogP contribution < -0.4 is 14.8 Å². The molecule has 4 rings (SSSR count). The summed E-state index contributed by atoms with van der Waals surface area (Å²) in [6, 6.07) is 7.17. The predicted octanol–water partition coefficient (Wildman–Crippen LogP) is 8.32. The predicted molar refractivity (Wildman–Crippen MR) is 227 cm³/mol. The second-order valence-corrected chi connectivity index (χ2v) is 16.0. The molecule has 334 valence electrons. The highest BCUT2D eigenvalue weighted by Crippen LogP contribution is 2.29. The maximum atomic E-state index is 12.9. The van der Waals surface area contributed by atoms with E-state index in [-0.39, 0.29) is 36.9 Å². The summed E-state index contributed by atoms with van der Waals surface area (Å²) in [7, 11) is 3.19. The SMILES string of the molecule is C.COc1cc(C(=O)CC2CCCN(C(=O)OCCl)C2)cc(C)c1C.COc1cc(C(=O)CC2CCCN(C(=O)OCOC(=O)CNC(=O)OC(C)(C)C)C2)cc(C)c1C. The van der Waals surface area contributed by atoms with E-state index in [1.54, 1.807) is 52.0 Å². The number of hydrogen-bond donors (Lipinski definition) is 1. The highest BCUT2D eigenvalue weighted by molar-refractivity contribution is 6.17. The van der Waals surface area contributed by atoms with Crippen molar-refractivity contribution in [3.8, 4) is 11.5 Å². The average molecular weight is 862 g/mol. The molecule has 0 aromatic heterocycles. The van der Waals surface area contributed by atoms with Gasteiger partial charge in [-0.2, -0.15) is 0 Å². The molecule has 0 bridgehead atoms. The normalized spacial score (nSPS) is 16.2. The lowest BCUT2D eigenvalue weighted by Gasteiger charge is -2.31. The molecule has 2 unspecified atom stereocenters. The molecular weight excluding hydrogens is 798 g/mol. The fraction of sp³-hybridized carbons (Fsp3) is 0.591. The van der Waals surface area contributed by atoms with Crippen LogP contribution in [-0.4, -0.2) is 111 Å². The van der Waals surface area contributed by atoms with Crippen LogP contribution in [0.5, 0.6) is 11.5 Å². The first-order valence-electron chi connectivity index (χ1n) is 19.7. The van der Waals surface area contributed by atoms with E-state index in [0.717, 1.165) is 53.7 Å². The molecule has 2 fully saturated rings. The van der Waals surface area contributed by atoms with Crippen LogP contribution in [0.1, 0.15) is 110 Å². The highest BCUT2D eigenvalue weighted by atomic mass is 35.5. The van der Waals surface area contributed by atoms with Crippen molar-refractivity contribution >= 4 is 47.4 Å². The number of ketones is 2. The van der Waals surface area contributed by atoms with E-state index in [1.165, 1.54) is 4.90 Å². The molecule has 2 aromatic rings. The number of rotatable bonds is 13. The summed E-state index contributed by atoms with van der Waals surface area (Å²) >= 11 is 5.44. The van der Waals surface area contributed by atoms with E-state index in [0.29, 0.717) is 55.9 Å². The summed E-state index contributed by atoms with van der Waals surface area (Å²) in [4.78, 5) is 76.1. The molecule has 60 heavy (non-hydrogen) atoms. The summed E-state index contributed by atoms with van der Waals surface area (Å²) in [5.41, 5.74) is 4.63. The van der Waals surface area contributed by atoms with Crippen molar-refractivity contribution in [1.29, 1.82) is 0 Å². The molecule has 2 aromatic carbocycles. The third-order valence-corrected chi connectivity index (χ3v) is 10.3. The fourth-order valence-electron chi connectivity index (χ4n) is 6.84. The largest absolute Gasteiger partial charge is 0.496 e. The number of alkyl halides is 1. The number of ether oxygens (including phenoxy) is 6. The van der Waals surface area contributed by atoms with Gasteiger partial charge in [-0.25, -0.2) is 14.4 Å². The number of carbonyl (C=O) groups is 6. The minimum atomic E-state index is -0.769. The number of nitrogens with one attached hydrogen (secondary N) is 1. The minimum absolute atomic E-state index is 0. The minimum Gasteiger partial charge on any atom is -0.496 e. The quantitative estimate of drug-likeness (QED) is 0.0671. The zero-order valence-corrected chi connectivity index (χ0v) is 36.6. The molecule has 0 aliphatic carbocycles. The number of aryl methyl sites for hydroxylation is 2. The molecular formula is C44H64ClN3O12. The number of nitrogens with zero attached hydrogens (tertiary/aromatic N) is 2. The number of Topliss-reactive ketones (excluding diaryl/α,β-unsaturated/α-hetero) is 2. The molecule has 1 N–H and O–H groups in total. The van der Waals surface area contributed by atoms with Crippen LogP contribution in [0.2, 0.25) is 0 Å². The van der Waals surface area contributed by atoms with E-state index in [1.807, 2.05) is 39.8 Å². The third kappa shape index (κ3) is 16.2. The lowest BCUT2D eigenvalue weighted by atomic mass is 9.90. The lowest BCUT2D eigenvalue weighted by Crippen LogP contribution is -2.41. The molecule has 2 aliphatic rings. The van der Waals surface area contributed by atoms with E-state index in [4.69, 9.17) is 40.0 Å². The van der Waals surface area contributed by atoms with Crippen molar-refractivity contribution in [1.82, 2.24) is 15.1 Å². The first-order chi connectivity index (χ1) is 27.8. The number of carbonyl (C=O) groups excluding carboxylic acids is 6. The number of amides is 3. The number of benzene rings is 2. The molecule has 3 amide bonds. The second kappa shape index (κ2) is 24.3. The molecule has 15 nitrogen and oxygen atoms in total. The first-order valence-corrected chi connectivity index (χ1v) is 20.3. The van der Waals surface area contributed by atoms with Crippen LogP contribution in [0.4, 0.5) is 14.4 Å². The van der Waals surface area contributed by atoms with Crippen LogP contribution >= 0.6 is 11.6 Å². The Balaban J connectivity index is 0.000000434. The summed E-state index contributed by atoms with van der Waals surface area (Å²) < 4.78 is 30.4. The van der Waals surface area contributed by atoms with E-state index in [9.17, 15) is 28.8 Å². The van der Waals surface area contributed by atoms with Crippen molar-refractivity contribution in [2.24, 2.45) is 11.8 Å². The van der Waals surface area contributed by atoms with Gasteiger partial charge in [-0.1, -0.05) is 19.0 Å². The van der Waals surface area contributed by atoms with Crippen molar-refractivity contribution in [2.75, 3.05) is 59.8 Å². The fourth-order valence-corrected chi connectivity index (χ4v) is 6.93. The van der Waals surface area contributed by atoms with Crippen LogP contribution in [-0.2, 0) is 23.7 Å². The second-order valence-electron chi connectivity index (χ2n) is 15.8. The molecule has 0 spiro atoms. The van der Waals surface area contributed by atoms with Crippen molar-refractivity contribution < 1.29 is 57.2 Å². The standard InChI is InChI=1S/C25H36N2O8.C18H24ClNO4.CH4/c1-16-10-19(12-21(32-6)17(16)2)20(28)11-18-8-7-9-27(14-18)24(31)34-15-33-22(29)13-26-23(30)35-25(3,4)5;1-12-7-15(9-17(23-3)13(12)2)16(21)8-14-5-4-6-20(10-14)18(22)24-11-19;/h10,12,18H,7-9,11,13-15H2,1-6H3,(H,26,30);7,9,14H,4-6,8,10-11H2,1-3H3;1H4. The zero-order valence-electron chi connectivity index (χ0n) is 35.8. The summed E-state index contributed by atoms with van der Waals surface area (Å²) in [5.74, 6) is 0.854. The number of alkyl carbamates (subject to hydrolysis) is 1. The molecule has 0 radical (unpaired) electrons. The maximum Gasteiger partial charge on any atom is 0.412 e. The van der Waals surface area contributed by atoms with Crippen LogP contribution in [0.15, 0.2) is 24.3 Å². The number of methoxy groups -OCH3 is 2. The van der Waals surface area contributed by atoms with Gasteiger partial charge in [0.05, 0.1) is 14.2 Å². The summed E-state index contributed by atoms with van der Waals surface area (Å²) in [5, 5.41) is 2.27. The Morgan fingerprint density at radius 1 is 0.717 bits per heavy atom. The third-order valence-electron chi connectivity index (χ3n) is 10.2. The molecule has 2 aliphatic heterocycles. The summed E-state index contributed by atoms with van der Waals surface area (Å²) in [6.07, 6.45) is 2.30. The maximum absolute atomic E-state index is 12.9. The van der Waals surface area contributed by atoms with Crippen LogP contribution in [0.25, 0.3) is 0 Å². The van der Waals surface area contributed by atoms with Gasteiger partial charge in [0.15, 0.2) is 17.6 Å². The van der Waals surface area contributed by atoms with Crippen molar-refractivity contribution in [3.63, 3.8) is 0 Å². The number of piperidine rings is 2. The van der Waals surface area contributed by atoms with Crippen molar-refractivity contribution in [2.45, 2.75) is 100 Å². The lowest BCUT2D eigenvalue weighted by molar-refractivity contribution is -0.151. The van der Waals surface area contributed by atoms with Gasteiger partial charge in [0.25, 0.3) is 0 Å². The molecule has 2 heterocycles. The van der Waals surface area contributed by atoms with Crippen molar-refractivity contribution in [3.05, 3.63) is 57.6 Å². The Bertz CT molecular complexity index is 1810. The van der Waals surface area contributed by atoms with Gasteiger partial charge in [0.1, 0.15) is 23.6 Å². The summed E-state index contributed by atoms with van der Waals surface area (Å²) in [6.45, 7) is 14.0. The molecule has 16 heteroatoms. The average Bonchev–Trinajstić information content (AvgIpc) is 3.18. The number of likely N-dealkylation sites (tertiary alicyclic amines) is 2. The number of hydrogen-bond acceptors (Lipinski definition) is 12. The Morgan fingerprint density at radius 2 is 1.17 bits per heavy atom. The smallest absolute Gasteiger partial charge is 0.412 e. The van der Waals surface area contributed by atoms with Gasteiger partial charge in [-0.3, -0.25) is 14.4 Å². The topological polar surface area (TPSA) is 176 Å². The molecule has 2 saturated heterocycles. The zero-order chi connectivity index (χ0) is 43.9. The molecule has 2 atom stereocenters. The Kier molecular flexibility index (Phi) is 20.7. The van der Waals surface area contributed by atoms with Gasteiger partial charge in [0, 0.05) is 50.1 Å². The Morgan fingerprint density at radius 3 is 1.58 bits per heavy atom. The molecule has 0 saturated carbocycles. The van der Waals surface area contributed by atoms with E-state index >= 15 is 0 Å². The van der Waals surface area contributed by atoms with Gasteiger partial charge >= 0.3 is 24.2 Å².